The van der Waals surface area contributed by atoms with Crippen LogP contribution >= 0.6 is 0 Å². The molecule has 60 heavy (non-hydrogen) atoms. The molecule has 316 valence electrons. The highest BCUT2D eigenvalue weighted by Gasteiger charge is 2.42. The van der Waals surface area contributed by atoms with Crippen molar-refractivity contribution in [1.82, 2.24) is 40.4 Å². The lowest BCUT2D eigenvalue weighted by Crippen LogP contribution is -2.52. The maximum absolute atomic E-state index is 13.8. The van der Waals surface area contributed by atoms with E-state index in [1.54, 1.807) is 0 Å². The number of amides is 4. The lowest BCUT2D eigenvalue weighted by Gasteiger charge is -2.32. The molecule has 2 fully saturated rings. The SMILES string of the molecule is COC(=O)N[C@H](C(=O)N1C(c2ncc(-c3ccc(-c4ccc5cc(-c6cnc([C@@H]7CC[C@H](C)N7C(=O)[C@@H](NC(=O)OC)C(C)C)[nH]6)ccc5c4)cc3)[nH]2)CC[C@@H]1C)C(C)C. The van der Waals surface area contributed by atoms with Crippen LogP contribution in [-0.2, 0) is 19.1 Å². The van der Waals surface area contributed by atoms with Crippen molar-refractivity contribution >= 4 is 34.8 Å². The molecule has 0 aliphatic carbocycles. The zero-order valence-electron chi connectivity index (χ0n) is 35.6. The van der Waals surface area contributed by atoms with Gasteiger partial charge in [-0.1, -0.05) is 76.2 Å². The molecule has 0 saturated carbocycles. The van der Waals surface area contributed by atoms with Crippen LogP contribution in [0.2, 0.25) is 0 Å². The van der Waals surface area contributed by atoms with E-state index in [2.05, 4.69) is 81.3 Å². The Hall–Kier alpha value is -6.18. The zero-order chi connectivity index (χ0) is 42.8. The Morgan fingerprint density at radius 3 is 1.45 bits per heavy atom. The number of aromatic nitrogens is 4. The lowest BCUT2D eigenvalue weighted by molar-refractivity contribution is -0.138. The molecule has 14 heteroatoms. The third-order valence-corrected chi connectivity index (χ3v) is 12.1. The average molecular weight is 817 g/mol. The van der Waals surface area contributed by atoms with Crippen LogP contribution in [0.5, 0.6) is 0 Å². The highest BCUT2D eigenvalue weighted by molar-refractivity contribution is 5.91. The highest BCUT2D eigenvalue weighted by Crippen LogP contribution is 2.39. The first-order valence-corrected chi connectivity index (χ1v) is 20.9. The van der Waals surface area contributed by atoms with Gasteiger partial charge < -0.3 is 39.9 Å². The minimum absolute atomic E-state index is 0.000337. The van der Waals surface area contributed by atoms with E-state index in [1.165, 1.54) is 14.2 Å². The van der Waals surface area contributed by atoms with Gasteiger partial charge in [-0.15, -0.1) is 0 Å². The number of methoxy groups -OCH3 is 2. The summed E-state index contributed by atoms with van der Waals surface area (Å²) in [5.74, 6) is 0.935. The summed E-state index contributed by atoms with van der Waals surface area (Å²) in [6.07, 6.45) is 5.60. The first kappa shape index (κ1) is 42.0. The van der Waals surface area contributed by atoms with E-state index in [1.807, 2.05) is 63.7 Å². The second-order valence-electron chi connectivity index (χ2n) is 16.8. The van der Waals surface area contributed by atoms with Gasteiger partial charge in [0.15, 0.2) is 0 Å². The number of hydrogen-bond acceptors (Lipinski definition) is 8. The van der Waals surface area contributed by atoms with Crippen molar-refractivity contribution in [3.63, 3.8) is 0 Å². The molecule has 0 bridgehead atoms. The van der Waals surface area contributed by atoms with Gasteiger partial charge in [-0.25, -0.2) is 19.6 Å². The molecule has 0 spiro atoms. The maximum atomic E-state index is 13.8. The van der Waals surface area contributed by atoms with Crippen molar-refractivity contribution in [3.8, 4) is 33.6 Å². The fraction of sp³-hybridized carbons (Fsp3) is 0.435. The van der Waals surface area contributed by atoms with Gasteiger partial charge in [0, 0.05) is 17.6 Å². The summed E-state index contributed by atoms with van der Waals surface area (Å²) in [5, 5.41) is 7.63. The molecule has 4 amide bonds. The lowest BCUT2D eigenvalue weighted by atomic mass is 9.98. The number of ether oxygens (including phenoxy) is 2. The van der Waals surface area contributed by atoms with Gasteiger partial charge in [0.2, 0.25) is 11.8 Å². The molecule has 14 nitrogen and oxygen atoms in total. The van der Waals surface area contributed by atoms with Gasteiger partial charge in [-0.05, 0) is 91.0 Å². The van der Waals surface area contributed by atoms with Crippen LogP contribution in [0.1, 0.15) is 91.0 Å². The van der Waals surface area contributed by atoms with Crippen molar-refractivity contribution in [2.45, 2.75) is 103 Å². The predicted octanol–water partition coefficient (Wildman–Crippen LogP) is 8.15. The number of alkyl carbamates (subject to hydrolysis) is 2. The number of nitrogens with one attached hydrogen (secondary N) is 4. The summed E-state index contributed by atoms with van der Waals surface area (Å²) in [7, 11) is 2.59. The summed E-state index contributed by atoms with van der Waals surface area (Å²) >= 11 is 0. The molecule has 2 aliphatic heterocycles. The standard InChI is InChI=1S/C46H56N8O6/c1-25(2)39(51-45(57)59-7)43(55)53-27(5)9-19-37(53)41-47-23-35(49-41)30-13-11-29(12-14-30)31-15-16-33-22-34(18-17-32(33)21-31)36-24-48-42(50-36)38-20-10-28(6)54(38)44(56)40(26(3)4)52-46(58)60-8/h11-18,21-28,37-40H,9-10,19-20H2,1-8H3,(H,47,49)(H,48,50)(H,51,57)(H,52,58)/t27-,28-,37?,38-,39-,40-/m0/s1. The number of carbonyl (C=O) groups excluding carboxylic acids is 4. The van der Waals surface area contributed by atoms with E-state index >= 15 is 0 Å². The van der Waals surface area contributed by atoms with Crippen molar-refractivity contribution < 1.29 is 28.7 Å². The summed E-state index contributed by atoms with van der Waals surface area (Å²) in [6.45, 7) is 11.7. The smallest absolute Gasteiger partial charge is 0.407 e. The number of H-pyrrole nitrogens is 2. The molecule has 4 heterocycles. The zero-order valence-corrected chi connectivity index (χ0v) is 35.6. The van der Waals surface area contributed by atoms with Gasteiger partial charge in [0.1, 0.15) is 23.7 Å². The van der Waals surface area contributed by atoms with E-state index in [4.69, 9.17) is 19.4 Å². The van der Waals surface area contributed by atoms with Crippen molar-refractivity contribution in [2.24, 2.45) is 11.8 Å². The van der Waals surface area contributed by atoms with E-state index in [0.717, 1.165) is 81.7 Å². The summed E-state index contributed by atoms with van der Waals surface area (Å²) in [5.41, 5.74) is 5.87. The number of fused-ring (bicyclic) bond motifs is 1. The number of carbonyl (C=O) groups is 4. The molecular weight excluding hydrogens is 761 g/mol. The number of nitrogens with zero attached hydrogens (tertiary/aromatic N) is 4. The third-order valence-electron chi connectivity index (χ3n) is 12.1. The quantitative estimate of drug-likeness (QED) is 0.103. The Morgan fingerprint density at radius 1 is 0.600 bits per heavy atom. The minimum atomic E-state index is -0.705. The first-order valence-electron chi connectivity index (χ1n) is 20.9. The number of benzene rings is 3. The van der Waals surface area contributed by atoms with E-state index in [-0.39, 0.29) is 47.8 Å². The maximum Gasteiger partial charge on any atom is 0.407 e. The molecule has 5 aromatic rings. The number of likely N-dealkylation sites (tertiary alicyclic amines) is 2. The number of hydrogen-bond donors (Lipinski definition) is 4. The van der Waals surface area contributed by atoms with Gasteiger partial charge in [0.25, 0.3) is 0 Å². The third kappa shape index (κ3) is 8.45. The van der Waals surface area contributed by atoms with Crippen LogP contribution in [0.4, 0.5) is 9.59 Å². The van der Waals surface area contributed by atoms with Gasteiger partial charge in [0.05, 0.1) is 50.1 Å². The topological polar surface area (TPSA) is 175 Å². The van der Waals surface area contributed by atoms with Crippen LogP contribution in [0.25, 0.3) is 44.4 Å². The molecule has 3 aromatic carbocycles. The highest BCUT2D eigenvalue weighted by atomic mass is 16.5. The minimum Gasteiger partial charge on any atom is -0.453 e. The monoisotopic (exact) mass is 816 g/mol. The van der Waals surface area contributed by atoms with Crippen molar-refractivity contribution in [1.29, 1.82) is 0 Å². The Kier molecular flexibility index (Phi) is 12.3. The Bertz CT molecular complexity index is 2350. The molecular formula is C46H56N8O6. The Morgan fingerprint density at radius 2 is 1.00 bits per heavy atom. The van der Waals surface area contributed by atoms with Crippen LogP contribution in [-0.4, -0.2) is 92.1 Å². The molecule has 1 unspecified atom stereocenters. The second kappa shape index (κ2) is 17.6. The molecule has 7 rings (SSSR count). The van der Waals surface area contributed by atoms with Crippen LogP contribution in [0, 0.1) is 11.8 Å². The fourth-order valence-corrected chi connectivity index (χ4v) is 8.71. The van der Waals surface area contributed by atoms with Crippen molar-refractivity contribution in [2.75, 3.05) is 14.2 Å². The second-order valence-corrected chi connectivity index (χ2v) is 16.8. The largest absolute Gasteiger partial charge is 0.453 e. The Labute approximate surface area is 350 Å². The molecule has 6 atom stereocenters. The summed E-state index contributed by atoms with van der Waals surface area (Å²) in [6, 6.07) is 19.2. The average Bonchev–Trinajstić information content (AvgIpc) is 4.08. The Balaban J connectivity index is 1.04. The van der Waals surface area contributed by atoms with E-state index in [0.29, 0.717) is 0 Å². The van der Waals surface area contributed by atoms with Gasteiger partial charge in [-0.2, -0.15) is 0 Å². The molecule has 2 saturated heterocycles. The predicted molar refractivity (Wildman–Crippen MR) is 229 cm³/mol. The summed E-state index contributed by atoms with van der Waals surface area (Å²) < 4.78 is 9.59. The van der Waals surface area contributed by atoms with Crippen molar-refractivity contribution in [3.05, 3.63) is 84.7 Å². The van der Waals surface area contributed by atoms with Crippen LogP contribution < -0.4 is 10.6 Å². The number of imidazole rings is 2. The molecule has 2 aliphatic rings. The van der Waals surface area contributed by atoms with Gasteiger partial charge >= 0.3 is 12.2 Å². The van der Waals surface area contributed by atoms with E-state index in [9.17, 15) is 19.2 Å². The van der Waals surface area contributed by atoms with Gasteiger partial charge in [-0.3, -0.25) is 9.59 Å². The first-order chi connectivity index (χ1) is 28.8. The molecule has 4 N–H and O–H groups in total. The van der Waals surface area contributed by atoms with Crippen LogP contribution in [0.3, 0.4) is 0 Å². The van der Waals surface area contributed by atoms with Crippen LogP contribution in [0.15, 0.2) is 73.1 Å². The number of aromatic amines is 2. The number of rotatable bonds is 11. The molecule has 2 aromatic heterocycles. The fourth-order valence-electron chi connectivity index (χ4n) is 8.71. The molecule has 0 radical (unpaired) electrons. The normalized spacial score (nSPS) is 20.1. The summed E-state index contributed by atoms with van der Waals surface area (Å²) in [4.78, 5) is 71.8. The van der Waals surface area contributed by atoms with E-state index < -0.39 is 24.3 Å².